The van der Waals surface area contributed by atoms with Crippen molar-refractivity contribution in [3.63, 3.8) is 0 Å². The average molecular weight is 397 g/mol. The van der Waals surface area contributed by atoms with Crippen molar-refractivity contribution in [2.45, 2.75) is 12.8 Å². The Morgan fingerprint density at radius 2 is 1.86 bits per heavy atom. The summed E-state index contributed by atoms with van der Waals surface area (Å²) in [6, 6.07) is 9.87. The van der Waals surface area contributed by atoms with E-state index in [4.69, 9.17) is 4.74 Å². The Morgan fingerprint density at radius 1 is 1.14 bits per heavy atom. The molecular weight excluding hydrogens is 380 g/mol. The summed E-state index contributed by atoms with van der Waals surface area (Å²) in [5.41, 5.74) is 3.59. The Balaban J connectivity index is 1.70. The highest BCUT2D eigenvalue weighted by molar-refractivity contribution is 5.92. The number of halogens is 2. The van der Waals surface area contributed by atoms with E-state index < -0.39 is 23.1 Å². The van der Waals surface area contributed by atoms with Crippen molar-refractivity contribution in [2.24, 2.45) is 0 Å². The minimum atomic E-state index is -0.775. The van der Waals surface area contributed by atoms with Gasteiger partial charge in [-0.25, -0.2) is 14.2 Å². The second-order valence-corrected chi connectivity index (χ2v) is 6.65. The summed E-state index contributed by atoms with van der Waals surface area (Å²) in [6.45, 7) is 0.987. The van der Waals surface area contributed by atoms with Crippen LogP contribution >= 0.6 is 0 Å². The van der Waals surface area contributed by atoms with E-state index in [-0.39, 0.29) is 12.0 Å². The quantitative estimate of drug-likeness (QED) is 0.735. The van der Waals surface area contributed by atoms with Crippen molar-refractivity contribution >= 4 is 22.3 Å². The molecule has 0 saturated heterocycles. The smallest absolute Gasteiger partial charge is 0.294 e. The second-order valence-electron chi connectivity index (χ2n) is 6.65. The normalized spacial score (nSPS) is 13.9. The van der Waals surface area contributed by atoms with Crippen molar-refractivity contribution in [2.75, 3.05) is 18.6 Å². The topological polar surface area (TPSA) is 73.2 Å². The number of aromatic nitrogens is 2. The van der Waals surface area contributed by atoms with Crippen LogP contribution in [0.15, 0.2) is 53.3 Å². The molecule has 2 heterocycles. The van der Waals surface area contributed by atoms with Gasteiger partial charge in [-0.15, -0.1) is 9.89 Å². The van der Waals surface area contributed by atoms with Gasteiger partial charge < -0.3 is 4.74 Å². The highest BCUT2D eigenvalue weighted by atomic mass is 19.1. The molecule has 1 aromatic heterocycles. The third-order valence-electron chi connectivity index (χ3n) is 4.59. The fourth-order valence-electron chi connectivity index (χ4n) is 3.30. The maximum Gasteiger partial charge on any atom is 0.294 e. The van der Waals surface area contributed by atoms with Gasteiger partial charge in [0, 0.05) is 11.5 Å². The standard InChI is InChI=1S/C21H17F2N3O3/c22-15-9-13(10-16(23)12-15)11-19(27)24-26-21(28)18-4-2-1-3-17(18)20(25-26)14-5-7-29-8-6-14/h1-5,9-10,12H,6-8,11H2,(H,24,27). The molecule has 0 unspecified atom stereocenters. The number of amides is 1. The van der Waals surface area contributed by atoms with Crippen LogP contribution in [-0.4, -0.2) is 29.0 Å². The minimum Gasteiger partial charge on any atom is -0.377 e. The zero-order valence-electron chi connectivity index (χ0n) is 15.3. The number of hydrogen-bond acceptors (Lipinski definition) is 4. The molecule has 1 amide bonds. The molecule has 0 atom stereocenters. The third kappa shape index (κ3) is 4.07. The van der Waals surface area contributed by atoms with Crippen molar-refractivity contribution in [3.05, 3.63) is 81.8 Å². The predicted molar refractivity (Wildman–Crippen MR) is 104 cm³/mol. The molecule has 29 heavy (non-hydrogen) atoms. The number of carbonyl (C=O) groups is 1. The van der Waals surface area contributed by atoms with E-state index in [9.17, 15) is 18.4 Å². The van der Waals surface area contributed by atoms with E-state index in [0.29, 0.717) is 36.1 Å². The van der Waals surface area contributed by atoms with Gasteiger partial charge in [-0.3, -0.25) is 9.59 Å². The molecule has 0 spiro atoms. The van der Waals surface area contributed by atoms with Gasteiger partial charge in [0.25, 0.3) is 5.56 Å². The van der Waals surface area contributed by atoms with Crippen LogP contribution in [0.4, 0.5) is 8.78 Å². The average Bonchev–Trinajstić information content (AvgIpc) is 2.70. The fraction of sp³-hybridized carbons (Fsp3) is 0.190. The van der Waals surface area contributed by atoms with Gasteiger partial charge in [0.2, 0.25) is 5.91 Å². The molecule has 0 bridgehead atoms. The maximum absolute atomic E-state index is 13.3. The third-order valence-corrected chi connectivity index (χ3v) is 4.59. The molecule has 6 nitrogen and oxygen atoms in total. The van der Waals surface area contributed by atoms with Gasteiger partial charge in [-0.2, -0.15) is 0 Å². The zero-order valence-corrected chi connectivity index (χ0v) is 15.3. The van der Waals surface area contributed by atoms with Gasteiger partial charge in [0.1, 0.15) is 11.6 Å². The summed E-state index contributed by atoms with van der Waals surface area (Å²) in [6.07, 6.45) is 2.22. The first-order valence-electron chi connectivity index (χ1n) is 9.05. The summed E-state index contributed by atoms with van der Waals surface area (Å²) < 4.78 is 32.0. The number of nitrogens with one attached hydrogen (secondary N) is 1. The minimum absolute atomic E-state index is 0.154. The number of benzene rings is 2. The van der Waals surface area contributed by atoms with Crippen LogP contribution in [0.2, 0.25) is 0 Å². The number of fused-ring (bicyclic) bond motifs is 1. The Labute approximate surface area is 164 Å². The molecule has 148 valence electrons. The summed E-state index contributed by atoms with van der Waals surface area (Å²) in [4.78, 5) is 26.1. The van der Waals surface area contributed by atoms with Crippen LogP contribution in [-0.2, 0) is 16.0 Å². The van der Waals surface area contributed by atoms with E-state index in [1.165, 1.54) is 0 Å². The van der Waals surface area contributed by atoms with Crippen LogP contribution in [0.3, 0.4) is 0 Å². The highest BCUT2D eigenvalue weighted by Crippen LogP contribution is 2.25. The lowest BCUT2D eigenvalue weighted by atomic mass is 10.0. The molecule has 4 rings (SSSR count). The molecule has 8 heteroatoms. The van der Waals surface area contributed by atoms with E-state index >= 15 is 0 Å². The Morgan fingerprint density at radius 3 is 2.55 bits per heavy atom. The van der Waals surface area contributed by atoms with Crippen molar-refractivity contribution < 1.29 is 18.3 Å². The SMILES string of the molecule is O=C(Cc1cc(F)cc(F)c1)Nn1nc(C2=CCOCC2)c2ccccc2c1=O. The highest BCUT2D eigenvalue weighted by Gasteiger charge is 2.17. The Hall–Kier alpha value is -3.39. The van der Waals surface area contributed by atoms with Crippen LogP contribution in [0.5, 0.6) is 0 Å². The monoisotopic (exact) mass is 397 g/mol. The molecule has 1 N–H and O–H groups in total. The van der Waals surface area contributed by atoms with Crippen LogP contribution < -0.4 is 11.0 Å². The molecule has 0 saturated carbocycles. The van der Waals surface area contributed by atoms with Crippen LogP contribution in [0, 0.1) is 11.6 Å². The van der Waals surface area contributed by atoms with E-state index in [0.717, 1.165) is 28.6 Å². The number of carbonyl (C=O) groups excluding carboxylic acids is 1. The zero-order chi connectivity index (χ0) is 20.4. The first-order valence-corrected chi connectivity index (χ1v) is 9.05. The van der Waals surface area contributed by atoms with E-state index in [1.54, 1.807) is 18.2 Å². The van der Waals surface area contributed by atoms with Gasteiger partial charge >= 0.3 is 0 Å². The Kier molecular flexibility index (Phi) is 5.18. The lowest BCUT2D eigenvalue weighted by molar-refractivity contribution is -0.116. The molecule has 0 fully saturated rings. The van der Waals surface area contributed by atoms with E-state index in [1.807, 2.05) is 12.1 Å². The number of ether oxygens (including phenoxy) is 1. The Bertz CT molecular complexity index is 1170. The van der Waals surface area contributed by atoms with Gasteiger partial charge in [-0.05, 0) is 35.8 Å². The van der Waals surface area contributed by atoms with E-state index in [2.05, 4.69) is 10.5 Å². The summed E-state index contributed by atoms with van der Waals surface area (Å²) in [5.74, 6) is -2.17. The molecule has 1 aliphatic rings. The lowest BCUT2D eigenvalue weighted by Gasteiger charge is -2.16. The summed E-state index contributed by atoms with van der Waals surface area (Å²) in [5, 5.41) is 5.43. The van der Waals surface area contributed by atoms with Crippen LogP contribution in [0.25, 0.3) is 16.3 Å². The maximum atomic E-state index is 13.3. The van der Waals surface area contributed by atoms with Gasteiger partial charge in [0.05, 0.1) is 30.7 Å². The summed E-state index contributed by atoms with van der Waals surface area (Å²) in [7, 11) is 0. The molecule has 1 aliphatic heterocycles. The molecule has 3 aromatic rings. The number of nitrogens with zero attached hydrogens (tertiary/aromatic N) is 2. The first kappa shape index (κ1) is 18.9. The van der Waals surface area contributed by atoms with Gasteiger partial charge in [0.15, 0.2) is 0 Å². The van der Waals surface area contributed by atoms with Crippen LogP contribution in [0.1, 0.15) is 17.7 Å². The fourth-order valence-corrected chi connectivity index (χ4v) is 3.30. The molecule has 0 aliphatic carbocycles. The second kappa shape index (κ2) is 7.92. The number of rotatable bonds is 4. The van der Waals surface area contributed by atoms with Crippen molar-refractivity contribution in [1.82, 2.24) is 9.89 Å². The van der Waals surface area contributed by atoms with Gasteiger partial charge in [-0.1, -0.05) is 24.3 Å². The molecule has 2 aromatic carbocycles. The predicted octanol–water partition coefficient (Wildman–Crippen LogP) is 2.79. The van der Waals surface area contributed by atoms with Crippen molar-refractivity contribution in [1.29, 1.82) is 0 Å². The first-order chi connectivity index (χ1) is 14.0. The number of hydrogen-bond donors (Lipinski definition) is 1. The molecule has 0 radical (unpaired) electrons. The van der Waals surface area contributed by atoms with Crippen molar-refractivity contribution in [3.8, 4) is 0 Å². The largest absolute Gasteiger partial charge is 0.377 e. The lowest BCUT2D eigenvalue weighted by Crippen LogP contribution is -2.36. The molecular formula is C21H17F2N3O3. The summed E-state index contributed by atoms with van der Waals surface area (Å²) >= 11 is 0.